The molecule has 0 aliphatic heterocycles. The van der Waals surface area contributed by atoms with Gasteiger partial charge in [-0.25, -0.2) is 4.79 Å². The van der Waals surface area contributed by atoms with Gasteiger partial charge in [-0.05, 0) is 25.7 Å². The average molecular weight is 607 g/mol. The van der Waals surface area contributed by atoms with Gasteiger partial charge in [-0.3, -0.25) is 4.79 Å². The first-order chi connectivity index (χ1) is 20.5. The second-order valence-electron chi connectivity index (χ2n) is 7.22. The van der Waals surface area contributed by atoms with Crippen LogP contribution in [0.4, 0.5) is 4.79 Å². The first-order valence-corrected chi connectivity index (χ1v) is 13.1. The van der Waals surface area contributed by atoms with Crippen LogP contribution in [0.5, 0.6) is 0 Å². The summed E-state index contributed by atoms with van der Waals surface area (Å²) in [6.45, 7) is 6.09. The number of amides is 2. The number of unbranched alkanes of at least 4 members (excludes halogenated alkanes) is 5. The van der Waals surface area contributed by atoms with Crippen molar-refractivity contribution in [2.24, 2.45) is 0 Å². The molecule has 2 amide bonds. The normalized spacial score (nSPS) is 8.57. The molecule has 0 spiro atoms. The van der Waals surface area contributed by atoms with E-state index in [1.165, 1.54) is 0 Å². The zero-order valence-electron chi connectivity index (χ0n) is 24.2. The topological polar surface area (TPSA) is 222 Å². The molecular weight excluding hydrogens is 560 g/mol. The Kier molecular flexibility index (Phi) is 60.6. The molecule has 0 aromatic rings. The quantitative estimate of drug-likeness (QED) is 0.113. The summed E-state index contributed by atoms with van der Waals surface area (Å²) in [5.41, 5.74) is 0. The van der Waals surface area contributed by atoms with Crippen molar-refractivity contribution in [3.8, 4) is 0 Å². The fourth-order valence-corrected chi connectivity index (χ4v) is 2.03. The largest absolute Gasteiger partial charge is 0.439 e. The van der Waals surface area contributed by atoms with Crippen molar-refractivity contribution in [2.75, 3.05) is 46.1 Å². The van der Waals surface area contributed by atoms with Gasteiger partial charge in [0, 0.05) is 64.8 Å². The molecule has 0 atom stereocenters. The molecule has 242 valence electrons. The molecule has 42 heavy (non-hydrogen) atoms. The van der Waals surface area contributed by atoms with Gasteiger partial charge in [-0.2, -0.15) is 0 Å². The van der Waals surface area contributed by atoms with Crippen molar-refractivity contribution in [3.63, 3.8) is 0 Å². The first kappa shape index (κ1) is 47.8. The summed E-state index contributed by atoms with van der Waals surface area (Å²) in [6.07, 6.45) is 9.74. The van der Waals surface area contributed by atoms with E-state index in [9.17, 15) is 38.4 Å². The van der Waals surface area contributed by atoms with E-state index >= 15 is 0 Å². The van der Waals surface area contributed by atoms with Gasteiger partial charge in [-0.1, -0.05) is 0 Å². The van der Waals surface area contributed by atoms with Crippen LogP contribution in [0.3, 0.4) is 0 Å². The van der Waals surface area contributed by atoms with Crippen LogP contribution in [0.2, 0.25) is 0 Å². The Bertz CT molecular complexity index is 628. The summed E-state index contributed by atoms with van der Waals surface area (Å²) in [5, 5.41) is 4.94. The number of rotatable bonds is 24. The molecule has 0 rings (SSSR count). The van der Waals surface area contributed by atoms with Crippen molar-refractivity contribution in [1.29, 1.82) is 0 Å². The van der Waals surface area contributed by atoms with Crippen LogP contribution < -0.4 is 10.6 Å². The molecule has 0 aromatic heterocycles. The van der Waals surface area contributed by atoms with Gasteiger partial charge >= 0.3 is 6.09 Å². The maximum Gasteiger partial charge on any atom is 0.407 e. The summed E-state index contributed by atoms with van der Waals surface area (Å²) in [4.78, 5) is 97.2. The molecule has 0 fully saturated rings. The fourth-order valence-electron chi connectivity index (χ4n) is 2.03. The maximum absolute atomic E-state index is 11.2. The lowest BCUT2D eigenvalue weighted by molar-refractivity contribution is -0.124. The van der Waals surface area contributed by atoms with Crippen LogP contribution in [0.1, 0.15) is 64.2 Å². The van der Waals surface area contributed by atoms with Gasteiger partial charge in [0.25, 0.3) is 5.91 Å². The number of hydrogen-bond donors (Lipinski definition) is 2. The number of aldehydes is 6. The molecule has 15 heteroatoms. The second kappa shape index (κ2) is 53.3. The number of nitrogens with one attached hydrogen (secondary N) is 2. The third-order valence-corrected chi connectivity index (χ3v) is 3.92. The molecule has 0 radical (unpaired) electrons. The Morgan fingerprint density at radius 1 is 0.500 bits per heavy atom. The highest BCUT2D eigenvalue weighted by atomic mass is 16.6. The molecule has 0 heterocycles. The van der Waals surface area contributed by atoms with Crippen LogP contribution in [0.15, 0.2) is 0 Å². The van der Waals surface area contributed by atoms with Gasteiger partial charge in [0.2, 0.25) is 0 Å². The summed E-state index contributed by atoms with van der Waals surface area (Å²) in [7, 11) is 0. The van der Waals surface area contributed by atoms with Gasteiger partial charge in [0.1, 0.15) is 51.3 Å². The van der Waals surface area contributed by atoms with E-state index in [1.807, 2.05) is 13.6 Å². The molecule has 0 aliphatic carbocycles. The van der Waals surface area contributed by atoms with Crippen LogP contribution >= 0.6 is 0 Å². The van der Waals surface area contributed by atoms with E-state index in [0.717, 1.165) is 44.1 Å². The van der Waals surface area contributed by atoms with E-state index in [0.29, 0.717) is 90.8 Å². The Balaban J connectivity index is -0.000000179. The summed E-state index contributed by atoms with van der Waals surface area (Å²) >= 11 is 0. The molecule has 0 saturated carbocycles. The van der Waals surface area contributed by atoms with E-state index in [4.69, 9.17) is 19.1 Å². The standard InChI is InChI=1S/C13H22N2O6.C7H12O3.C5H8O2.2CH2O/c16-7-2-1-5-14-12(18)11-21-13(19)15-6-10-20-9-4-3-8-17;8-4-1-2-6-10-7-3-5-9;6-4-2-1-3-5-7;2*1-2/h7-8H,1-6,9-11H2,(H,14,18)(H,15,19);4-5H,1-3,6-7H2;4-5H,1-3H2;2*1H2. The van der Waals surface area contributed by atoms with Crippen molar-refractivity contribution in [1.82, 2.24) is 10.6 Å². The van der Waals surface area contributed by atoms with Crippen LogP contribution in [-0.2, 0) is 57.4 Å². The zero-order valence-corrected chi connectivity index (χ0v) is 24.2. The van der Waals surface area contributed by atoms with E-state index in [1.54, 1.807) is 0 Å². The summed E-state index contributed by atoms with van der Waals surface area (Å²) in [6, 6.07) is 0. The predicted molar refractivity (Wildman–Crippen MR) is 151 cm³/mol. The van der Waals surface area contributed by atoms with Crippen LogP contribution in [0.25, 0.3) is 0 Å². The van der Waals surface area contributed by atoms with Gasteiger partial charge < -0.3 is 63.2 Å². The Hall–Kier alpha value is -3.98. The monoisotopic (exact) mass is 606 g/mol. The minimum atomic E-state index is -0.700. The molecule has 0 unspecified atom stereocenters. The van der Waals surface area contributed by atoms with Crippen LogP contribution in [0, 0.1) is 0 Å². The van der Waals surface area contributed by atoms with E-state index in [2.05, 4.69) is 15.4 Å². The van der Waals surface area contributed by atoms with Crippen molar-refractivity contribution in [2.45, 2.75) is 64.2 Å². The zero-order chi connectivity index (χ0) is 33.0. The number of alkyl carbamates (subject to hydrolysis) is 1. The fraction of sp³-hybridized carbons (Fsp3) is 0.630. The van der Waals surface area contributed by atoms with E-state index in [-0.39, 0.29) is 13.2 Å². The third kappa shape index (κ3) is 60.5. The lowest BCUT2D eigenvalue weighted by Crippen LogP contribution is -2.34. The smallest absolute Gasteiger partial charge is 0.407 e. The molecule has 0 aliphatic rings. The summed E-state index contributed by atoms with van der Waals surface area (Å²) in [5.74, 6) is -0.416. The van der Waals surface area contributed by atoms with Crippen molar-refractivity contribution >= 4 is 63.3 Å². The van der Waals surface area contributed by atoms with Gasteiger partial charge in [0.05, 0.1) is 13.2 Å². The Labute approximate surface area is 246 Å². The summed E-state index contributed by atoms with van der Waals surface area (Å²) < 4.78 is 14.8. The Morgan fingerprint density at radius 2 is 0.929 bits per heavy atom. The highest BCUT2D eigenvalue weighted by Crippen LogP contribution is 1.88. The maximum atomic E-state index is 11.2. The molecule has 15 nitrogen and oxygen atoms in total. The highest BCUT2D eigenvalue weighted by molar-refractivity contribution is 5.80. The predicted octanol–water partition coefficient (Wildman–Crippen LogP) is 0.559. The molecule has 0 saturated heterocycles. The third-order valence-electron chi connectivity index (χ3n) is 3.92. The number of carbonyl (C=O) groups is 10. The van der Waals surface area contributed by atoms with Crippen molar-refractivity contribution < 1.29 is 62.2 Å². The van der Waals surface area contributed by atoms with E-state index < -0.39 is 12.0 Å². The molecule has 0 aromatic carbocycles. The highest BCUT2D eigenvalue weighted by Gasteiger charge is 2.06. The van der Waals surface area contributed by atoms with Gasteiger partial charge in [-0.15, -0.1) is 0 Å². The molecule has 2 N–H and O–H groups in total. The van der Waals surface area contributed by atoms with Crippen molar-refractivity contribution in [3.05, 3.63) is 0 Å². The first-order valence-electron chi connectivity index (χ1n) is 13.1. The second-order valence-corrected chi connectivity index (χ2v) is 7.22. The SMILES string of the molecule is C=O.C=O.O=CCCCC=O.O=CCCCNC(=O)COC(=O)NCCOCCCC=O.O=CCCCOCCC=O. The molecular formula is C27H46N2O13. The molecule has 0 bridgehead atoms. The minimum absolute atomic E-state index is 0.265. The number of carbonyl (C=O) groups excluding carboxylic acids is 10. The van der Waals surface area contributed by atoms with Crippen LogP contribution in [-0.4, -0.2) is 109 Å². The Morgan fingerprint density at radius 3 is 1.40 bits per heavy atom. The number of hydrogen-bond acceptors (Lipinski definition) is 13. The lowest BCUT2D eigenvalue weighted by Gasteiger charge is -2.07. The average Bonchev–Trinajstić information content (AvgIpc) is 3.02. The number of ether oxygens (including phenoxy) is 3. The lowest BCUT2D eigenvalue weighted by atomic mass is 10.3. The minimum Gasteiger partial charge on any atom is -0.439 e. The van der Waals surface area contributed by atoms with Gasteiger partial charge in [0.15, 0.2) is 6.61 Å².